The summed E-state index contributed by atoms with van der Waals surface area (Å²) >= 11 is 0. The Morgan fingerprint density at radius 3 is 2.12 bits per heavy atom. The minimum atomic E-state index is -3.41. The van der Waals surface area contributed by atoms with E-state index < -0.39 is 12.5 Å². The van der Waals surface area contributed by atoms with Gasteiger partial charge < -0.3 is 10.6 Å². The van der Waals surface area contributed by atoms with E-state index in [1.54, 1.807) is 24.3 Å². The van der Waals surface area contributed by atoms with Crippen molar-refractivity contribution in [1.82, 2.24) is 0 Å². The first kappa shape index (κ1) is 13.4. The van der Waals surface area contributed by atoms with Gasteiger partial charge in [0.1, 0.15) is 0 Å². The molecule has 0 amide bonds. The third-order valence-electron chi connectivity index (χ3n) is 3.45. The largest absolute Gasteiger partial charge is 0.341 e. The summed E-state index contributed by atoms with van der Waals surface area (Å²) in [5.74, 6) is 0. The summed E-state index contributed by atoms with van der Waals surface area (Å²) in [6.07, 6.45) is 1.23. The van der Waals surface area contributed by atoms with Crippen LogP contribution in [0.3, 0.4) is 0 Å². The smallest absolute Gasteiger partial charge is 0.236 e. The molecule has 0 heterocycles. The van der Waals surface area contributed by atoms with Crippen LogP contribution in [-0.4, -0.2) is 16.6 Å². The first-order chi connectivity index (χ1) is 7.54. The second kappa shape index (κ2) is 5.13. The molecule has 0 radical (unpaired) electrons. The molecule has 16 heavy (non-hydrogen) atoms. The molecular weight excluding hydrogens is 221 g/mol. The fourth-order valence-corrected chi connectivity index (χ4v) is 4.22. The van der Waals surface area contributed by atoms with Gasteiger partial charge in [-0.2, -0.15) is 0 Å². The van der Waals surface area contributed by atoms with E-state index in [1.807, 2.05) is 19.9 Å². The Morgan fingerprint density at radius 1 is 1.25 bits per heavy atom. The van der Waals surface area contributed by atoms with Gasteiger partial charge in [0.15, 0.2) is 0 Å². The molecule has 4 heteroatoms. The van der Waals surface area contributed by atoms with Crippen LogP contribution in [0.25, 0.3) is 0 Å². The summed E-state index contributed by atoms with van der Waals surface area (Å²) in [6.45, 7) is 4.08. The molecule has 0 aliphatic heterocycles. The zero-order valence-corrected chi connectivity index (χ0v) is 10.8. The zero-order valence-electron chi connectivity index (χ0n) is 9.89. The lowest BCUT2D eigenvalue weighted by Gasteiger charge is -2.35. The fraction of sp³-hybridized carbons (Fsp3) is 0.500. The first-order valence-corrected chi connectivity index (χ1v) is 7.28. The maximum Gasteiger partial charge on any atom is 0.236 e. The van der Waals surface area contributed by atoms with Crippen molar-refractivity contribution in [3.05, 3.63) is 30.3 Å². The number of hydrogen-bond acceptors (Lipinski definition) is 2. The molecule has 1 rings (SSSR count). The van der Waals surface area contributed by atoms with Crippen molar-refractivity contribution in [2.45, 2.75) is 31.8 Å². The monoisotopic (exact) mass is 241 g/mol. The lowest BCUT2D eigenvalue weighted by atomic mass is 10.0. The lowest BCUT2D eigenvalue weighted by molar-refractivity contribution is 0.415. The Labute approximate surface area is 97.1 Å². The summed E-state index contributed by atoms with van der Waals surface area (Å²) in [4.78, 5) is 10.4. The van der Waals surface area contributed by atoms with E-state index in [4.69, 9.17) is 5.73 Å². The molecule has 0 aliphatic carbocycles. The van der Waals surface area contributed by atoms with Gasteiger partial charge in [0.05, 0.1) is 5.16 Å². The van der Waals surface area contributed by atoms with Crippen LogP contribution in [0, 0.1) is 0 Å². The molecule has 0 aromatic heterocycles. The highest BCUT2D eigenvalue weighted by Gasteiger charge is 2.44. The van der Waals surface area contributed by atoms with Crippen LogP contribution in [0.5, 0.6) is 0 Å². The van der Waals surface area contributed by atoms with Gasteiger partial charge in [-0.15, -0.1) is 0 Å². The van der Waals surface area contributed by atoms with Crippen LogP contribution < -0.4 is 11.0 Å². The van der Waals surface area contributed by atoms with Gasteiger partial charge >= 0.3 is 0 Å². The van der Waals surface area contributed by atoms with Crippen molar-refractivity contribution >= 4 is 12.7 Å². The highest BCUT2D eigenvalue weighted by atomic mass is 31.2. The third kappa shape index (κ3) is 2.08. The second-order valence-electron chi connectivity index (χ2n) is 4.05. The number of rotatable bonds is 5. The predicted octanol–water partition coefficient (Wildman–Crippen LogP) is 2.10. The second-order valence-corrected chi connectivity index (χ2v) is 6.66. The average Bonchev–Trinajstić information content (AvgIpc) is 2.33. The number of nitrogens with two attached hydrogens (primary N) is 1. The molecule has 0 saturated heterocycles. The van der Waals surface area contributed by atoms with Crippen LogP contribution in [0.2, 0.25) is 0 Å². The molecule has 3 N–H and O–H groups in total. The minimum absolute atomic E-state index is 0.239. The average molecular weight is 241 g/mol. The topological polar surface area (TPSA) is 63.3 Å². The molecule has 90 valence electrons. The highest BCUT2D eigenvalue weighted by molar-refractivity contribution is 7.67. The molecule has 3 nitrogen and oxygen atoms in total. The molecule has 1 aromatic carbocycles. The van der Waals surface area contributed by atoms with Crippen molar-refractivity contribution < 1.29 is 9.46 Å². The molecule has 0 saturated carbocycles. The van der Waals surface area contributed by atoms with Gasteiger partial charge in [-0.3, -0.25) is 4.57 Å². The van der Waals surface area contributed by atoms with Crippen LogP contribution in [0.1, 0.15) is 26.7 Å². The van der Waals surface area contributed by atoms with Crippen molar-refractivity contribution in [3.8, 4) is 0 Å². The number of hydrogen-bond donors (Lipinski definition) is 2. The minimum Gasteiger partial charge on any atom is -0.341 e. The van der Waals surface area contributed by atoms with Gasteiger partial charge in [-0.05, 0) is 25.0 Å². The van der Waals surface area contributed by atoms with E-state index in [0.29, 0.717) is 18.1 Å². The standard InChI is InChI=1S/C12H20NO2P/c1-3-12(4-2,10-13)16(14,15)11-8-6-5-7-9-11/h5-9H,3-4,10,13H2,1-2H3,(H,14,15). The summed E-state index contributed by atoms with van der Waals surface area (Å²) in [7, 11) is -3.41. The Morgan fingerprint density at radius 2 is 1.75 bits per heavy atom. The Hall–Kier alpha value is -0.630. The van der Waals surface area contributed by atoms with Gasteiger partial charge in [-0.25, -0.2) is 0 Å². The predicted molar refractivity (Wildman–Crippen MR) is 68.3 cm³/mol. The maximum atomic E-state index is 12.6. The normalized spacial score (nSPS) is 15.8. The van der Waals surface area contributed by atoms with Crippen molar-refractivity contribution in [2.75, 3.05) is 6.54 Å². The SMILES string of the molecule is CCC(CC)(CN)P(=O)(O)c1ccccc1. The molecule has 0 aliphatic rings. The fourth-order valence-electron chi connectivity index (χ4n) is 1.99. The van der Waals surface area contributed by atoms with Crippen molar-refractivity contribution in [1.29, 1.82) is 0 Å². The molecule has 1 atom stereocenters. The summed E-state index contributed by atoms with van der Waals surface area (Å²) in [6, 6.07) is 8.81. The van der Waals surface area contributed by atoms with Gasteiger partial charge in [-0.1, -0.05) is 32.0 Å². The van der Waals surface area contributed by atoms with E-state index in [2.05, 4.69) is 0 Å². The zero-order chi connectivity index (χ0) is 12.2. The Bertz CT molecular complexity index is 366. The van der Waals surface area contributed by atoms with E-state index >= 15 is 0 Å². The van der Waals surface area contributed by atoms with Crippen molar-refractivity contribution in [2.24, 2.45) is 5.73 Å². The van der Waals surface area contributed by atoms with E-state index in [9.17, 15) is 9.46 Å². The van der Waals surface area contributed by atoms with Crippen LogP contribution in [0.15, 0.2) is 30.3 Å². The van der Waals surface area contributed by atoms with E-state index in [0.717, 1.165) is 0 Å². The quantitative estimate of drug-likeness (QED) is 0.776. The van der Waals surface area contributed by atoms with Gasteiger partial charge in [0.2, 0.25) is 7.37 Å². The van der Waals surface area contributed by atoms with Gasteiger partial charge in [0, 0.05) is 11.8 Å². The maximum absolute atomic E-state index is 12.6. The van der Waals surface area contributed by atoms with E-state index in [1.165, 1.54) is 0 Å². The Kier molecular flexibility index (Phi) is 4.31. The molecule has 0 spiro atoms. The highest BCUT2D eigenvalue weighted by Crippen LogP contribution is 2.56. The van der Waals surface area contributed by atoms with E-state index in [-0.39, 0.29) is 6.54 Å². The van der Waals surface area contributed by atoms with Crippen LogP contribution in [-0.2, 0) is 4.57 Å². The number of benzene rings is 1. The summed E-state index contributed by atoms with van der Waals surface area (Å²) < 4.78 is 12.6. The third-order valence-corrected chi connectivity index (χ3v) is 6.54. The van der Waals surface area contributed by atoms with Crippen LogP contribution in [0.4, 0.5) is 0 Å². The first-order valence-electron chi connectivity index (χ1n) is 5.62. The van der Waals surface area contributed by atoms with Crippen LogP contribution >= 0.6 is 7.37 Å². The summed E-state index contributed by atoms with van der Waals surface area (Å²) in [5.41, 5.74) is 5.72. The molecule has 0 bridgehead atoms. The molecule has 1 unspecified atom stereocenters. The van der Waals surface area contributed by atoms with Gasteiger partial charge in [0.25, 0.3) is 0 Å². The Balaban J connectivity index is 3.24. The lowest BCUT2D eigenvalue weighted by Crippen LogP contribution is -2.39. The molecular formula is C12H20NO2P. The van der Waals surface area contributed by atoms with Crippen molar-refractivity contribution in [3.63, 3.8) is 0 Å². The molecule has 0 fully saturated rings. The summed E-state index contributed by atoms with van der Waals surface area (Å²) in [5, 5.41) is -0.182. The molecule has 1 aromatic rings.